The zero-order valence-electron chi connectivity index (χ0n) is 11.7. The number of benzene rings is 1. The first-order chi connectivity index (χ1) is 10.1. The van der Waals surface area contributed by atoms with E-state index in [9.17, 15) is 9.59 Å². The second-order valence-corrected chi connectivity index (χ2v) is 3.98. The second-order valence-electron chi connectivity index (χ2n) is 3.98. The van der Waals surface area contributed by atoms with Crippen LogP contribution in [0.4, 0.5) is 4.79 Å². The lowest BCUT2D eigenvalue weighted by atomic mass is 10.3. The molecule has 1 aliphatic heterocycles. The summed E-state index contributed by atoms with van der Waals surface area (Å²) in [7, 11) is 1.58. The molecule has 7 heteroatoms. The van der Waals surface area contributed by atoms with Crippen molar-refractivity contribution in [3.63, 3.8) is 0 Å². The maximum Gasteiger partial charge on any atom is 0.407 e. The molecule has 0 spiro atoms. The molecule has 1 heterocycles. The summed E-state index contributed by atoms with van der Waals surface area (Å²) in [5.41, 5.74) is 4.53. The van der Waals surface area contributed by atoms with E-state index in [2.05, 4.69) is 17.6 Å². The van der Waals surface area contributed by atoms with Crippen LogP contribution < -0.4 is 20.5 Å². The number of ether oxygens (including phenoxy) is 3. The Morgan fingerprint density at radius 3 is 2.62 bits per heavy atom. The van der Waals surface area contributed by atoms with Crippen LogP contribution in [0.3, 0.4) is 0 Å². The minimum atomic E-state index is -0.481. The number of carbonyl (C=O) groups is 2. The Morgan fingerprint density at radius 2 is 2.14 bits per heavy atom. The van der Waals surface area contributed by atoms with Crippen LogP contribution in [-0.4, -0.2) is 38.4 Å². The molecule has 2 amide bonds. The molecule has 114 valence electrons. The topological polar surface area (TPSA) is 99.9 Å². The third kappa shape index (κ3) is 5.85. The van der Waals surface area contributed by atoms with Crippen molar-refractivity contribution in [3.8, 4) is 11.5 Å². The highest BCUT2D eigenvalue weighted by Gasteiger charge is 2.23. The van der Waals surface area contributed by atoms with E-state index < -0.39 is 12.0 Å². The minimum Gasteiger partial charge on any atom is -0.493 e. The number of nitrogens with one attached hydrogen (secondary N) is 1. The average molecular weight is 294 g/mol. The fourth-order valence-corrected chi connectivity index (χ4v) is 1.45. The Kier molecular flexibility index (Phi) is 6.59. The summed E-state index contributed by atoms with van der Waals surface area (Å²) in [5, 5.41) is 2.56. The van der Waals surface area contributed by atoms with Gasteiger partial charge in [-0.3, -0.25) is 4.79 Å². The summed E-state index contributed by atoms with van der Waals surface area (Å²) >= 11 is 0. The fraction of sp³-hybridized carbons (Fsp3) is 0.286. The van der Waals surface area contributed by atoms with Gasteiger partial charge in [0.25, 0.3) is 0 Å². The van der Waals surface area contributed by atoms with Gasteiger partial charge in [0.05, 0.1) is 13.7 Å². The van der Waals surface area contributed by atoms with Crippen LogP contribution in [0.15, 0.2) is 36.9 Å². The van der Waals surface area contributed by atoms with Gasteiger partial charge in [-0.15, -0.1) is 0 Å². The summed E-state index contributed by atoms with van der Waals surface area (Å²) < 4.78 is 15.6. The molecule has 2 rings (SSSR count). The highest BCUT2D eigenvalue weighted by molar-refractivity contribution is 5.84. The molecule has 1 aliphatic rings. The van der Waals surface area contributed by atoms with Crippen LogP contribution in [0.25, 0.3) is 0 Å². The summed E-state index contributed by atoms with van der Waals surface area (Å²) in [6.07, 6.45) is 0.422. The van der Waals surface area contributed by atoms with Gasteiger partial charge in [-0.1, -0.05) is 18.7 Å². The molecule has 0 aromatic heterocycles. The molecule has 0 radical (unpaired) electrons. The number of hydrogen-bond acceptors (Lipinski definition) is 5. The molecule has 1 aromatic carbocycles. The van der Waals surface area contributed by atoms with E-state index in [1.807, 2.05) is 24.3 Å². The highest BCUT2D eigenvalue weighted by atomic mass is 16.6. The largest absolute Gasteiger partial charge is 0.493 e. The molecule has 1 aromatic rings. The van der Waals surface area contributed by atoms with Crippen molar-refractivity contribution in [1.29, 1.82) is 0 Å². The van der Waals surface area contributed by atoms with Gasteiger partial charge >= 0.3 is 6.09 Å². The fourth-order valence-electron chi connectivity index (χ4n) is 1.45. The first-order valence-electron chi connectivity index (χ1n) is 6.19. The van der Waals surface area contributed by atoms with E-state index in [0.717, 1.165) is 6.08 Å². The van der Waals surface area contributed by atoms with Crippen LogP contribution in [0, 0.1) is 0 Å². The molecule has 3 N–H and O–H groups in total. The van der Waals surface area contributed by atoms with Gasteiger partial charge in [0, 0.05) is 0 Å². The average Bonchev–Trinajstić information content (AvgIpc) is 2.91. The standard InChI is InChI=1S/C11H13NO4.C3H5NO/c1-14-9-4-2-3-5-10(9)15-7-8-6-12-11(13)16-8;1-2-3(4)5/h2-5,8H,6-7H2,1H3,(H,12,13);2H,1H2,(H2,4,5). The molecule has 21 heavy (non-hydrogen) atoms. The van der Waals surface area contributed by atoms with Crippen LogP contribution >= 0.6 is 0 Å². The number of rotatable bonds is 5. The molecule has 1 saturated heterocycles. The lowest BCUT2D eigenvalue weighted by Crippen LogP contribution is -2.22. The van der Waals surface area contributed by atoms with Crippen molar-refractivity contribution in [1.82, 2.24) is 5.32 Å². The van der Waals surface area contributed by atoms with Crippen molar-refractivity contribution >= 4 is 12.0 Å². The number of amides is 2. The molecular weight excluding hydrogens is 276 g/mol. The van der Waals surface area contributed by atoms with Gasteiger partial charge in [0.2, 0.25) is 5.91 Å². The number of alkyl carbamates (subject to hydrolysis) is 1. The van der Waals surface area contributed by atoms with Crippen molar-refractivity contribution < 1.29 is 23.8 Å². The number of carbonyl (C=O) groups excluding carboxylic acids is 2. The Morgan fingerprint density at radius 1 is 1.52 bits per heavy atom. The number of primary amides is 1. The maximum absolute atomic E-state index is 10.8. The van der Waals surface area contributed by atoms with Crippen molar-refractivity contribution in [2.75, 3.05) is 20.3 Å². The van der Waals surface area contributed by atoms with Crippen molar-refractivity contribution in [2.24, 2.45) is 5.73 Å². The van der Waals surface area contributed by atoms with Crippen molar-refractivity contribution in [2.45, 2.75) is 6.10 Å². The third-order valence-corrected chi connectivity index (χ3v) is 2.44. The SMILES string of the molecule is C=CC(N)=O.COc1ccccc1OCC1CNC(=O)O1. The number of methoxy groups -OCH3 is 1. The van der Waals surface area contributed by atoms with E-state index in [-0.39, 0.29) is 6.10 Å². The van der Waals surface area contributed by atoms with Gasteiger partial charge in [0.1, 0.15) is 6.61 Å². The molecule has 1 atom stereocenters. The molecule has 0 saturated carbocycles. The van der Waals surface area contributed by atoms with E-state index >= 15 is 0 Å². The molecule has 1 unspecified atom stereocenters. The molecule has 0 bridgehead atoms. The Labute approximate surface area is 122 Å². The number of nitrogens with two attached hydrogens (primary N) is 1. The number of para-hydroxylation sites is 2. The van der Waals surface area contributed by atoms with E-state index in [1.165, 1.54) is 0 Å². The highest BCUT2D eigenvalue weighted by Crippen LogP contribution is 2.26. The van der Waals surface area contributed by atoms with Gasteiger partial charge in [0.15, 0.2) is 17.6 Å². The summed E-state index contributed by atoms with van der Waals surface area (Å²) in [6, 6.07) is 7.34. The molecule has 1 fully saturated rings. The summed E-state index contributed by atoms with van der Waals surface area (Å²) in [6.45, 7) is 3.88. The van der Waals surface area contributed by atoms with E-state index in [1.54, 1.807) is 7.11 Å². The first kappa shape index (κ1) is 16.4. The van der Waals surface area contributed by atoms with Crippen molar-refractivity contribution in [3.05, 3.63) is 36.9 Å². The Balaban J connectivity index is 0.000000383. The van der Waals surface area contributed by atoms with Gasteiger partial charge < -0.3 is 25.3 Å². The smallest absolute Gasteiger partial charge is 0.407 e. The lowest BCUT2D eigenvalue weighted by Gasteiger charge is -2.12. The second kappa shape index (κ2) is 8.47. The predicted octanol–water partition coefficient (Wildman–Crippen LogP) is 0.840. The van der Waals surface area contributed by atoms with E-state index in [4.69, 9.17) is 14.2 Å². The molecule has 7 nitrogen and oxygen atoms in total. The van der Waals surface area contributed by atoms with Gasteiger partial charge in [-0.2, -0.15) is 0 Å². The van der Waals surface area contributed by atoms with Crippen LogP contribution in [0.1, 0.15) is 0 Å². The predicted molar refractivity (Wildman–Crippen MR) is 76.2 cm³/mol. The van der Waals surface area contributed by atoms with Crippen LogP contribution in [-0.2, 0) is 9.53 Å². The van der Waals surface area contributed by atoms with E-state index in [0.29, 0.717) is 24.7 Å². The Hall–Kier alpha value is -2.70. The normalized spacial score (nSPS) is 15.9. The van der Waals surface area contributed by atoms with Crippen LogP contribution in [0.2, 0.25) is 0 Å². The van der Waals surface area contributed by atoms with Gasteiger partial charge in [-0.05, 0) is 18.2 Å². The Bertz CT molecular complexity index is 504. The molecular formula is C14H18N2O5. The quantitative estimate of drug-likeness (QED) is 0.784. The zero-order chi connectivity index (χ0) is 15.7. The summed E-state index contributed by atoms with van der Waals surface area (Å²) in [5.74, 6) is 0.831. The van der Waals surface area contributed by atoms with Crippen LogP contribution in [0.5, 0.6) is 11.5 Å². The third-order valence-electron chi connectivity index (χ3n) is 2.44. The zero-order valence-corrected chi connectivity index (χ0v) is 11.7. The monoisotopic (exact) mass is 294 g/mol. The number of cyclic esters (lactones) is 1. The first-order valence-corrected chi connectivity index (χ1v) is 6.19. The maximum atomic E-state index is 10.8. The minimum absolute atomic E-state index is 0.239. The summed E-state index contributed by atoms with van der Waals surface area (Å²) in [4.78, 5) is 20.2. The number of hydrogen-bond donors (Lipinski definition) is 2. The molecule has 0 aliphatic carbocycles. The van der Waals surface area contributed by atoms with Gasteiger partial charge in [-0.25, -0.2) is 4.79 Å². The lowest BCUT2D eigenvalue weighted by molar-refractivity contribution is -0.113.